The van der Waals surface area contributed by atoms with Gasteiger partial charge in [0.25, 0.3) is 5.91 Å². The molecule has 2 aliphatic rings. The van der Waals surface area contributed by atoms with Crippen LogP contribution in [0, 0.1) is 0 Å². The maximum Gasteiger partial charge on any atom is 0.319 e. The molecule has 2 aliphatic heterocycles. The molecule has 1 fully saturated rings. The van der Waals surface area contributed by atoms with Gasteiger partial charge in [-0.3, -0.25) is 9.59 Å². The molecule has 2 aromatic rings. The monoisotopic (exact) mass is 480 g/mol. The average Bonchev–Trinajstić information content (AvgIpc) is 2.86. The van der Waals surface area contributed by atoms with Crippen LogP contribution in [-0.4, -0.2) is 73.6 Å². The zero-order valence-electron chi connectivity index (χ0n) is 20.3. The van der Waals surface area contributed by atoms with E-state index in [2.05, 4.69) is 10.6 Å². The van der Waals surface area contributed by atoms with Crippen LogP contribution in [0.3, 0.4) is 0 Å². The van der Waals surface area contributed by atoms with Crippen molar-refractivity contribution < 1.29 is 23.9 Å². The first kappa shape index (κ1) is 24.5. The Balaban J connectivity index is 1.42. The van der Waals surface area contributed by atoms with Crippen LogP contribution in [0.2, 0.25) is 0 Å². The minimum Gasteiger partial charge on any atom is -0.490 e. The van der Waals surface area contributed by atoms with Gasteiger partial charge in [-0.25, -0.2) is 4.79 Å². The summed E-state index contributed by atoms with van der Waals surface area (Å²) in [4.78, 5) is 41.1. The number of nitrogens with one attached hydrogen (secondary N) is 2. The second-order valence-electron chi connectivity index (χ2n) is 9.16. The van der Waals surface area contributed by atoms with E-state index in [0.29, 0.717) is 36.4 Å². The van der Waals surface area contributed by atoms with Crippen molar-refractivity contribution in [3.8, 4) is 5.75 Å². The number of carbonyl (C=O) groups excluding carboxylic acids is 3. The molecule has 0 unspecified atom stereocenters. The Morgan fingerprint density at radius 3 is 2.63 bits per heavy atom. The first-order valence-electron chi connectivity index (χ1n) is 11.8. The maximum atomic E-state index is 13.3. The first-order valence-corrected chi connectivity index (χ1v) is 11.8. The number of urea groups is 1. The molecule has 0 aromatic heterocycles. The van der Waals surface area contributed by atoms with Crippen molar-refractivity contribution in [1.29, 1.82) is 0 Å². The molecule has 186 valence electrons. The van der Waals surface area contributed by atoms with Gasteiger partial charge in [-0.1, -0.05) is 30.3 Å². The summed E-state index contributed by atoms with van der Waals surface area (Å²) >= 11 is 0. The highest BCUT2D eigenvalue weighted by Gasteiger charge is 2.39. The van der Waals surface area contributed by atoms with Gasteiger partial charge in [0.1, 0.15) is 18.5 Å². The SMILES string of the molecule is CN(C)C(=O)C[C@@H]1CC[C@H]2[C@H](COc3ccc(NC(=O)NCc4ccccc4)cc3C(=O)N2C)O1. The number of likely N-dealkylation sites (N-methyl/N-ethyl adjacent to an activating group) is 1. The predicted molar refractivity (Wildman–Crippen MR) is 131 cm³/mol. The third-order valence-electron chi connectivity index (χ3n) is 6.47. The molecular formula is C26H32N4O5. The fourth-order valence-electron chi connectivity index (χ4n) is 4.44. The fraction of sp³-hybridized carbons (Fsp3) is 0.423. The van der Waals surface area contributed by atoms with E-state index < -0.39 is 0 Å². The quantitative estimate of drug-likeness (QED) is 0.686. The van der Waals surface area contributed by atoms with Gasteiger partial charge in [0, 0.05) is 33.4 Å². The molecule has 0 saturated carbocycles. The normalized spacial score (nSPS) is 21.5. The zero-order valence-corrected chi connectivity index (χ0v) is 20.3. The highest BCUT2D eigenvalue weighted by molar-refractivity contribution is 5.99. The predicted octanol–water partition coefficient (Wildman–Crippen LogP) is 2.87. The van der Waals surface area contributed by atoms with Crippen molar-refractivity contribution in [2.24, 2.45) is 0 Å². The van der Waals surface area contributed by atoms with E-state index in [4.69, 9.17) is 9.47 Å². The Hall–Kier alpha value is -3.59. The van der Waals surface area contributed by atoms with Gasteiger partial charge in [-0.2, -0.15) is 0 Å². The number of hydrogen-bond acceptors (Lipinski definition) is 5. The van der Waals surface area contributed by atoms with Crippen molar-refractivity contribution in [2.75, 3.05) is 33.1 Å². The Morgan fingerprint density at radius 1 is 1.11 bits per heavy atom. The summed E-state index contributed by atoms with van der Waals surface area (Å²) in [5.74, 6) is 0.253. The van der Waals surface area contributed by atoms with Crippen molar-refractivity contribution in [2.45, 2.75) is 44.1 Å². The highest BCUT2D eigenvalue weighted by Crippen LogP contribution is 2.32. The summed E-state index contributed by atoms with van der Waals surface area (Å²) in [5, 5.41) is 5.60. The lowest BCUT2D eigenvalue weighted by Crippen LogP contribution is -2.53. The number of ether oxygens (including phenoxy) is 2. The van der Waals surface area contributed by atoms with E-state index in [1.807, 2.05) is 30.3 Å². The van der Waals surface area contributed by atoms with Crippen molar-refractivity contribution in [3.05, 3.63) is 59.7 Å². The molecule has 2 heterocycles. The van der Waals surface area contributed by atoms with Gasteiger partial charge in [-0.05, 0) is 36.6 Å². The third kappa shape index (κ3) is 5.92. The fourth-order valence-corrected chi connectivity index (χ4v) is 4.44. The highest BCUT2D eigenvalue weighted by atomic mass is 16.5. The van der Waals surface area contributed by atoms with Gasteiger partial charge in [0.2, 0.25) is 5.91 Å². The molecule has 0 radical (unpaired) electrons. The van der Waals surface area contributed by atoms with Crippen LogP contribution in [0.15, 0.2) is 48.5 Å². The standard InChI is InChI=1S/C26H32N4O5/c1-29(2)24(31)14-19-10-11-21-23(35-19)16-34-22-12-9-18(13-20(22)25(32)30(21)3)28-26(33)27-15-17-7-5-4-6-8-17/h4-9,12-13,19,21,23H,10-11,14-16H2,1-3H3,(H2,27,28,33)/t19-,21-,23-/m0/s1. The van der Waals surface area contributed by atoms with Crippen molar-refractivity contribution >= 4 is 23.5 Å². The van der Waals surface area contributed by atoms with E-state index >= 15 is 0 Å². The summed E-state index contributed by atoms with van der Waals surface area (Å²) in [6.45, 7) is 0.666. The van der Waals surface area contributed by atoms with E-state index in [1.165, 1.54) is 0 Å². The molecular weight excluding hydrogens is 448 g/mol. The zero-order chi connectivity index (χ0) is 24.9. The third-order valence-corrected chi connectivity index (χ3v) is 6.47. The second kappa shape index (κ2) is 10.8. The summed E-state index contributed by atoms with van der Waals surface area (Å²) < 4.78 is 12.2. The number of rotatable bonds is 5. The molecule has 9 nitrogen and oxygen atoms in total. The van der Waals surface area contributed by atoms with E-state index in [-0.39, 0.29) is 42.7 Å². The van der Waals surface area contributed by atoms with Gasteiger partial charge < -0.3 is 29.9 Å². The number of benzene rings is 2. The van der Waals surface area contributed by atoms with Crippen LogP contribution in [0.25, 0.3) is 0 Å². The number of nitrogens with zero attached hydrogens (tertiary/aromatic N) is 2. The molecule has 0 spiro atoms. The number of carbonyl (C=O) groups is 3. The topological polar surface area (TPSA) is 100 Å². The van der Waals surface area contributed by atoms with E-state index in [1.54, 1.807) is 49.1 Å². The van der Waals surface area contributed by atoms with Crippen LogP contribution in [0.1, 0.15) is 35.2 Å². The van der Waals surface area contributed by atoms with Crippen LogP contribution >= 0.6 is 0 Å². The lowest BCUT2D eigenvalue weighted by molar-refractivity contribution is -0.140. The molecule has 35 heavy (non-hydrogen) atoms. The molecule has 4 rings (SSSR count). The summed E-state index contributed by atoms with van der Waals surface area (Å²) in [6.07, 6.45) is 1.20. The Kier molecular flexibility index (Phi) is 7.55. The average molecular weight is 481 g/mol. The molecule has 0 bridgehead atoms. The van der Waals surface area contributed by atoms with Crippen LogP contribution in [0.4, 0.5) is 10.5 Å². The molecule has 2 aromatic carbocycles. The molecule has 4 amide bonds. The van der Waals surface area contributed by atoms with Gasteiger partial charge in [0.15, 0.2) is 0 Å². The van der Waals surface area contributed by atoms with Crippen molar-refractivity contribution in [1.82, 2.24) is 15.1 Å². The lowest BCUT2D eigenvalue weighted by atomic mass is 9.94. The minimum absolute atomic E-state index is 0.0165. The number of anilines is 1. The number of fused-ring (bicyclic) bond motifs is 2. The van der Waals surface area contributed by atoms with E-state index in [9.17, 15) is 14.4 Å². The summed E-state index contributed by atoms with van der Waals surface area (Å²) in [5.41, 5.74) is 1.87. The minimum atomic E-state index is -0.361. The summed E-state index contributed by atoms with van der Waals surface area (Å²) in [7, 11) is 5.22. The lowest BCUT2D eigenvalue weighted by Gasteiger charge is -2.42. The largest absolute Gasteiger partial charge is 0.490 e. The maximum absolute atomic E-state index is 13.3. The smallest absolute Gasteiger partial charge is 0.319 e. The van der Waals surface area contributed by atoms with Gasteiger partial charge in [-0.15, -0.1) is 0 Å². The van der Waals surface area contributed by atoms with Crippen LogP contribution < -0.4 is 15.4 Å². The van der Waals surface area contributed by atoms with Crippen molar-refractivity contribution in [3.63, 3.8) is 0 Å². The molecule has 1 saturated heterocycles. The van der Waals surface area contributed by atoms with Crippen LogP contribution in [0.5, 0.6) is 5.75 Å². The van der Waals surface area contributed by atoms with E-state index in [0.717, 1.165) is 12.0 Å². The molecule has 2 N–H and O–H groups in total. The molecule has 0 aliphatic carbocycles. The van der Waals surface area contributed by atoms with Crippen LogP contribution in [-0.2, 0) is 16.1 Å². The first-order chi connectivity index (χ1) is 16.8. The van der Waals surface area contributed by atoms with Gasteiger partial charge in [0.05, 0.1) is 24.1 Å². The number of hydrogen-bond donors (Lipinski definition) is 2. The Labute approximate surface area is 205 Å². The Morgan fingerprint density at radius 2 is 1.89 bits per heavy atom. The Bertz CT molecular complexity index is 1070. The molecule has 3 atom stereocenters. The number of amides is 4. The van der Waals surface area contributed by atoms with Gasteiger partial charge >= 0.3 is 6.03 Å². The summed E-state index contributed by atoms with van der Waals surface area (Å²) in [6, 6.07) is 14.1. The second-order valence-corrected chi connectivity index (χ2v) is 9.16. The molecule has 9 heteroatoms.